The summed E-state index contributed by atoms with van der Waals surface area (Å²) in [7, 11) is -3.69. The third-order valence-electron chi connectivity index (χ3n) is 3.76. The summed E-state index contributed by atoms with van der Waals surface area (Å²) >= 11 is 1.48. The largest absolute Gasteiger partial charge is 0.352 e. The molecule has 0 bridgehead atoms. The van der Waals surface area contributed by atoms with Gasteiger partial charge in [-0.25, -0.2) is 18.5 Å². The highest BCUT2D eigenvalue weighted by Crippen LogP contribution is 2.19. The molecule has 3 aromatic rings. The number of aromatic nitrogens is 1. The van der Waals surface area contributed by atoms with Crippen molar-refractivity contribution in [2.45, 2.75) is 11.3 Å². The monoisotopic (exact) mass is 402 g/mol. The Morgan fingerprint density at radius 1 is 1.15 bits per heavy atom. The number of sulfonamides is 1. The molecule has 140 valence electrons. The van der Waals surface area contributed by atoms with Crippen molar-refractivity contribution in [1.82, 2.24) is 10.3 Å². The van der Waals surface area contributed by atoms with Crippen molar-refractivity contribution in [3.63, 3.8) is 0 Å². The van der Waals surface area contributed by atoms with E-state index in [0.717, 1.165) is 16.4 Å². The molecule has 0 fully saturated rings. The summed E-state index contributed by atoms with van der Waals surface area (Å²) < 4.78 is 22.5. The molecule has 0 atom stereocenters. The lowest BCUT2D eigenvalue weighted by Crippen LogP contribution is -2.25. The quantitative estimate of drug-likeness (QED) is 0.562. The number of rotatable bonds is 7. The predicted molar refractivity (Wildman–Crippen MR) is 106 cm³/mol. The molecular weight excluding hydrogens is 384 g/mol. The van der Waals surface area contributed by atoms with Gasteiger partial charge >= 0.3 is 0 Å². The third kappa shape index (κ3) is 5.36. The Kier molecular flexibility index (Phi) is 5.84. The summed E-state index contributed by atoms with van der Waals surface area (Å²) in [4.78, 5) is 16.5. The van der Waals surface area contributed by atoms with Crippen molar-refractivity contribution in [3.05, 3.63) is 71.2 Å². The van der Waals surface area contributed by atoms with E-state index in [1.807, 2.05) is 11.4 Å². The second-order valence-corrected chi connectivity index (χ2v) is 8.19. The van der Waals surface area contributed by atoms with Gasteiger partial charge in [0, 0.05) is 29.4 Å². The highest BCUT2D eigenvalue weighted by Gasteiger charge is 2.08. The minimum absolute atomic E-state index is 0.0693. The van der Waals surface area contributed by atoms with E-state index in [1.165, 1.54) is 23.5 Å². The average Bonchev–Trinajstić information content (AvgIpc) is 3.14. The first kappa shape index (κ1) is 19.0. The first-order valence-electron chi connectivity index (χ1n) is 8.08. The minimum atomic E-state index is -3.69. The Morgan fingerprint density at radius 3 is 2.59 bits per heavy atom. The van der Waals surface area contributed by atoms with Crippen molar-refractivity contribution >= 4 is 38.1 Å². The van der Waals surface area contributed by atoms with Crippen LogP contribution in [0.5, 0.6) is 0 Å². The van der Waals surface area contributed by atoms with Crippen LogP contribution in [0.2, 0.25) is 0 Å². The molecule has 27 heavy (non-hydrogen) atoms. The van der Waals surface area contributed by atoms with Crippen LogP contribution in [0.3, 0.4) is 0 Å². The summed E-state index contributed by atoms with van der Waals surface area (Å²) in [5, 5.41) is 13.7. The van der Waals surface area contributed by atoms with Crippen LogP contribution in [0.4, 0.5) is 10.8 Å². The molecule has 9 heteroatoms. The lowest BCUT2D eigenvalue weighted by Gasteiger charge is -2.08. The number of amides is 1. The maximum Gasteiger partial charge on any atom is 0.251 e. The number of anilines is 2. The zero-order valence-electron chi connectivity index (χ0n) is 14.3. The zero-order chi connectivity index (χ0) is 19.3. The first-order valence-corrected chi connectivity index (χ1v) is 10.5. The Labute approximate surface area is 161 Å². The van der Waals surface area contributed by atoms with Gasteiger partial charge in [-0.15, -0.1) is 11.3 Å². The standard InChI is InChI=1S/C18H18N4O3S2/c19-27(24,25)16-6-4-13(5-7-16)8-9-20-17(23)14-2-1-3-15(12-14)22-18-21-10-11-26-18/h1-7,10-12H,8-9H2,(H,20,23)(H,21,22)(H2,19,24,25). The molecule has 7 nitrogen and oxygen atoms in total. The molecule has 0 unspecified atom stereocenters. The number of hydrogen-bond acceptors (Lipinski definition) is 6. The number of nitrogens with two attached hydrogens (primary N) is 1. The number of hydrogen-bond donors (Lipinski definition) is 3. The van der Waals surface area contributed by atoms with Crippen molar-refractivity contribution in [3.8, 4) is 0 Å². The van der Waals surface area contributed by atoms with Gasteiger partial charge in [0.2, 0.25) is 10.0 Å². The minimum Gasteiger partial charge on any atom is -0.352 e. The molecule has 1 aromatic heterocycles. The van der Waals surface area contributed by atoms with Gasteiger partial charge in [0.15, 0.2) is 5.13 Å². The second-order valence-electron chi connectivity index (χ2n) is 5.74. The maximum absolute atomic E-state index is 12.3. The van der Waals surface area contributed by atoms with Crippen molar-refractivity contribution in [2.75, 3.05) is 11.9 Å². The van der Waals surface area contributed by atoms with Crippen molar-refractivity contribution in [1.29, 1.82) is 0 Å². The first-order chi connectivity index (χ1) is 12.9. The molecular formula is C18H18N4O3S2. The van der Waals surface area contributed by atoms with Crippen LogP contribution < -0.4 is 15.8 Å². The van der Waals surface area contributed by atoms with Crippen molar-refractivity contribution in [2.24, 2.45) is 5.14 Å². The van der Waals surface area contributed by atoms with Gasteiger partial charge in [0.05, 0.1) is 4.90 Å². The van der Waals surface area contributed by atoms with Crippen LogP contribution in [-0.4, -0.2) is 25.9 Å². The number of nitrogens with zero attached hydrogens (tertiary/aromatic N) is 1. The molecule has 0 aliphatic carbocycles. The second kappa shape index (κ2) is 8.30. The van der Waals surface area contributed by atoms with E-state index in [9.17, 15) is 13.2 Å². The van der Waals surface area contributed by atoms with Crippen LogP contribution in [0.1, 0.15) is 15.9 Å². The van der Waals surface area contributed by atoms with E-state index in [4.69, 9.17) is 5.14 Å². The van der Waals surface area contributed by atoms with E-state index in [2.05, 4.69) is 15.6 Å². The van der Waals surface area contributed by atoms with Gasteiger partial charge in [-0.1, -0.05) is 18.2 Å². The van der Waals surface area contributed by atoms with Gasteiger partial charge in [-0.2, -0.15) is 0 Å². The molecule has 0 aliphatic heterocycles. The lowest BCUT2D eigenvalue weighted by atomic mass is 10.1. The van der Waals surface area contributed by atoms with Crippen LogP contribution in [-0.2, 0) is 16.4 Å². The molecule has 0 saturated heterocycles. The van der Waals surface area contributed by atoms with Gasteiger partial charge in [-0.3, -0.25) is 4.79 Å². The van der Waals surface area contributed by atoms with E-state index >= 15 is 0 Å². The Bertz CT molecular complexity index is 1020. The van der Waals surface area contributed by atoms with Crippen LogP contribution in [0.15, 0.2) is 65.0 Å². The van der Waals surface area contributed by atoms with Gasteiger partial charge in [-0.05, 0) is 42.3 Å². The number of thiazole rings is 1. The Morgan fingerprint density at radius 2 is 1.93 bits per heavy atom. The number of carbonyl (C=O) groups excluding carboxylic acids is 1. The highest BCUT2D eigenvalue weighted by molar-refractivity contribution is 7.89. The van der Waals surface area contributed by atoms with Gasteiger partial charge in [0.25, 0.3) is 5.91 Å². The SMILES string of the molecule is NS(=O)(=O)c1ccc(CCNC(=O)c2cccc(Nc3nccs3)c2)cc1. The Hall–Kier alpha value is -2.75. The molecule has 3 rings (SSSR count). The fourth-order valence-corrected chi connectivity index (χ4v) is 3.48. The fraction of sp³-hybridized carbons (Fsp3) is 0.111. The third-order valence-corrected chi connectivity index (χ3v) is 5.38. The van der Waals surface area contributed by atoms with E-state index in [1.54, 1.807) is 36.5 Å². The average molecular weight is 403 g/mol. The number of primary sulfonamides is 1. The molecule has 0 radical (unpaired) electrons. The summed E-state index contributed by atoms with van der Waals surface area (Å²) in [5.74, 6) is -0.182. The number of nitrogens with one attached hydrogen (secondary N) is 2. The summed E-state index contributed by atoms with van der Waals surface area (Å²) in [5.41, 5.74) is 2.24. The molecule has 4 N–H and O–H groups in total. The number of benzene rings is 2. The van der Waals surface area contributed by atoms with E-state index in [0.29, 0.717) is 18.5 Å². The predicted octanol–water partition coefficient (Wildman–Crippen LogP) is 2.51. The van der Waals surface area contributed by atoms with Crippen LogP contribution in [0, 0.1) is 0 Å². The molecule has 2 aromatic carbocycles. The van der Waals surface area contributed by atoms with Gasteiger partial charge < -0.3 is 10.6 Å². The maximum atomic E-state index is 12.3. The molecule has 1 amide bonds. The normalized spacial score (nSPS) is 11.1. The summed E-state index contributed by atoms with van der Waals surface area (Å²) in [6.07, 6.45) is 2.28. The van der Waals surface area contributed by atoms with Gasteiger partial charge in [0.1, 0.15) is 0 Å². The summed E-state index contributed by atoms with van der Waals surface area (Å²) in [6.45, 7) is 0.428. The topological polar surface area (TPSA) is 114 Å². The Balaban J connectivity index is 1.55. The van der Waals surface area contributed by atoms with E-state index < -0.39 is 10.0 Å². The zero-order valence-corrected chi connectivity index (χ0v) is 15.9. The van der Waals surface area contributed by atoms with Crippen molar-refractivity contribution < 1.29 is 13.2 Å². The smallest absolute Gasteiger partial charge is 0.251 e. The van der Waals surface area contributed by atoms with Crippen LogP contribution in [0.25, 0.3) is 0 Å². The molecule has 0 spiro atoms. The summed E-state index contributed by atoms with van der Waals surface area (Å²) in [6, 6.07) is 13.5. The molecule has 0 saturated carbocycles. The number of carbonyl (C=O) groups is 1. The fourth-order valence-electron chi connectivity index (χ4n) is 2.42. The lowest BCUT2D eigenvalue weighted by molar-refractivity contribution is 0.0954. The molecule has 1 heterocycles. The van der Waals surface area contributed by atoms with E-state index in [-0.39, 0.29) is 10.8 Å². The van der Waals surface area contributed by atoms with Crippen LogP contribution >= 0.6 is 11.3 Å². The highest BCUT2D eigenvalue weighted by atomic mass is 32.2. The molecule has 0 aliphatic rings.